The third-order valence-corrected chi connectivity index (χ3v) is 2.97. The summed E-state index contributed by atoms with van der Waals surface area (Å²) in [6.07, 6.45) is 5.30. The molecule has 0 amide bonds. The number of hydrogen-bond donors (Lipinski definition) is 1. The standard InChI is InChI=1S/C16H15N3O/c1-17-9-12-8-14(11-18-10-12)20-15-6-2-4-13-5-3-7-19-16(13)15/h2-8,10-11,17H,9H2,1H3. The van der Waals surface area contributed by atoms with E-state index in [0.717, 1.165) is 34.5 Å². The number of hydrogen-bond acceptors (Lipinski definition) is 4. The fraction of sp³-hybridized carbons (Fsp3) is 0.125. The van der Waals surface area contributed by atoms with Crippen LogP contribution in [0.4, 0.5) is 0 Å². The molecule has 0 saturated carbocycles. The second-order valence-corrected chi connectivity index (χ2v) is 4.49. The van der Waals surface area contributed by atoms with Crippen molar-refractivity contribution in [3.8, 4) is 11.5 Å². The van der Waals surface area contributed by atoms with Gasteiger partial charge in [-0.3, -0.25) is 9.97 Å². The Bertz CT molecular complexity index is 722. The molecule has 0 bridgehead atoms. The highest BCUT2D eigenvalue weighted by Crippen LogP contribution is 2.28. The Morgan fingerprint density at radius 3 is 2.95 bits per heavy atom. The lowest BCUT2D eigenvalue weighted by molar-refractivity contribution is 0.483. The Labute approximate surface area is 117 Å². The van der Waals surface area contributed by atoms with Gasteiger partial charge in [-0.1, -0.05) is 18.2 Å². The molecule has 1 N–H and O–H groups in total. The van der Waals surface area contributed by atoms with Gasteiger partial charge in [0.25, 0.3) is 0 Å². The van der Waals surface area contributed by atoms with Crippen molar-refractivity contribution in [2.45, 2.75) is 6.54 Å². The minimum atomic E-state index is 0.718. The molecule has 1 aromatic carbocycles. The molecular weight excluding hydrogens is 250 g/mol. The molecule has 4 heteroatoms. The Morgan fingerprint density at radius 2 is 2.05 bits per heavy atom. The normalized spacial score (nSPS) is 10.7. The van der Waals surface area contributed by atoms with E-state index in [9.17, 15) is 0 Å². The van der Waals surface area contributed by atoms with Gasteiger partial charge in [-0.15, -0.1) is 0 Å². The Hall–Kier alpha value is -2.46. The van der Waals surface area contributed by atoms with Crippen molar-refractivity contribution in [3.63, 3.8) is 0 Å². The van der Waals surface area contributed by atoms with E-state index >= 15 is 0 Å². The highest BCUT2D eigenvalue weighted by molar-refractivity contribution is 5.84. The fourth-order valence-corrected chi connectivity index (χ4v) is 2.11. The van der Waals surface area contributed by atoms with Gasteiger partial charge in [0.05, 0.1) is 6.20 Å². The number of nitrogens with zero attached hydrogens (tertiary/aromatic N) is 2. The lowest BCUT2D eigenvalue weighted by atomic mass is 10.2. The number of pyridine rings is 2. The molecule has 4 nitrogen and oxygen atoms in total. The van der Waals surface area contributed by atoms with Gasteiger partial charge < -0.3 is 10.1 Å². The molecule has 0 radical (unpaired) electrons. The van der Waals surface area contributed by atoms with E-state index in [4.69, 9.17) is 4.74 Å². The van der Waals surface area contributed by atoms with Gasteiger partial charge in [0, 0.05) is 24.3 Å². The zero-order valence-electron chi connectivity index (χ0n) is 11.2. The van der Waals surface area contributed by atoms with Crippen LogP contribution >= 0.6 is 0 Å². The molecule has 0 aliphatic carbocycles. The number of aromatic nitrogens is 2. The zero-order chi connectivity index (χ0) is 13.8. The van der Waals surface area contributed by atoms with E-state index in [-0.39, 0.29) is 0 Å². The van der Waals surface area contributed by atoms with Crippen molar-refractivity contribution in [2.75, 3.05) is 7.05 Å². The summed E-state index contributed by atoms with van der Waals surface area (Å²) in [6, 6.07) is 11.8. The van der Waals surface area contributed by atoms with Crippen molar-refractivity contribution in [1.82, 2.24) is 15.3 Å². The van der Waals surface area contributed by atoms with Gasteiger partial charge >= 0.3 is 0 Å². The molecule has 0 unspecified atom stereocenters. The topological polar surface area (TPSA) is 47.0 Å². The van der Waals surface area contributed by atoms with Crippen LogP contribution in [-0.2, 0) is 6.54 Å². The third-order valence-electron chi connectivity index (χ3n) is 2.97. The molecule has 0 saturated heterocycles. The summed E-state index contributed by atoms with van der Waals surface area (Å²) in [5.41, 5.74) is 1.94. The number of benzene rings is 1. The van der Waals surface area contributed by atoms with Crippen molar-refractivity contribution in [1.29, 1.82) is 0 Å². The molecule has 100 valence electrons. The second-order valence-electron chi connectivity index (χ2n) is 4.49. The molecule has 0 spiro atoms. The number of fused-ring (bicyclic) bond motifs is 1. The maximum atomic E-state index is 5.93. The molecule has 2 aromatic heterocycles. The monoisotopic (exact) mass is 265 g/mol. The number of para-hydroxylation sites is 1. The summed E-state index contributed by atoms with van der Waals surface area (Å²) in [5.74, 6) is 1.46. The van der Waals surface area contributed by atoms with Crippen LogP contribution in [0.25, 0.3) is 10.9 Å². The molecule has 0 fully saturated rings. The summed E-state index contributed by atoms with van der Waals surface area (Å²) in [7, 11) is 1.90. The van der Waals surface area contributed by atoms with Gasteiger partial charge in [-0.05, 0) is 30.8 Å². The Balaban J connectivity index is 1.95. The van der Waals surface area contributed by atoms with E-state index in [2.05, 4.69) is 15.3 Å². The van der Waals surface area contributed by atoms with Crippen LogP contribution in [-0.4, -0.2) is 17.0 Å². The van der Waals surface area contributed by atoms with Gasteiger partial charge in [0.1, 0.15) is 11.3 Å². The van der Waals surface area contributed by atoms with Crippen LogP contribution in [0.3, 0.4) is 0 Å². The highest BCUT2D eigenvalue weighted by atomic mass is 16.5. The fourth-order valence-electron chi connectivity index (χ4n) is 2.11. The number of nitrogens with one attached hydrogen (secondary N) is 1. The zero-order valence-corrected chi connectivity index (χ0v) is 11.2. The first-order valence-electron chi connectivity index (χ1n) is 6.47. The SMILES string of the molecule is CNCc1cncc(Oc2cccc3cccnc23)c1. The number of rotatable bonds is 4. The van der Waals surface area contributed by atoms with Gasteiger partial charge in [-0.25, -0.2) is 0 Å². The second kappa shape index (κ2) is 5.67. The number of ether oxygens (including phenoxy) is 1. The van der Waals surface area contributed by atoms with E-state index in [1.165, 1.54) is 0 Å². The highest BCUT2D eigenvalue weighted by Gasteiger charge is 2.05. The van der Waals surface area contributed by atoms with Crippen molar-refractivity contribution in [3.05, 3.63) is 60.6 Å². The van der Waals surface area contributed by atoms with Crippen molar-refractivity contribution in [2.24, 2.45) is 0 Å². The summed E-state index contributed by atoms with van der Waals surface area (Å²) in [5, 5.41) is 4.16. The minimum absolute atomic E-state index is 0.718. The van der Waals surface area contributed by atoms with Crippen LogP contribution in [0, 0.1) is 0 Å². The Kier molecular flexibility index (Phi) is 3.56. The van der Waals surface area contributed by atoms with E-state index < -0.39 is 0 Å². The lowest BCUT2D eigenvalue weighted by Crippen LogP contribution is -2.05. The van der Waals surface area contributed by atoms with E-state index in [1.807, 2.05) is 49.6 Å². The smallest absolute Gasteiger partial charge is 0.153 e. The van der Waals surface area contributed by atoms with Crippen LogP contribution in [0.2, 0.25) is 0 Å². The molecule has 0 aliphatic rings. The average Bonchev–Trinajstić information content (AvgIpc) is 2.48. The Morgan fingerprint density at radius 1 is 1.15 bits per heavy atom. The van der Waals surface area contributed by atoms with Gasteiger partial charge in [0.2, 0.25) is 0 Å². The largest absolute Gasteiger partial charge is 0.453 e. The molecule has 2 heterocycles. The average molecular weight is 265 g/mol. The summed E-state index contributed by atoms with van der Waals surface area (Å²) >= 11 is 0. The third kappa shape index (κ3) is 2.60. The van der Waals surface area contributed by atoms with Crippen LogP contribution < -0.4 is 10.1 Å². The maximum Gasteiger partial charge on any atom is 0.153 e. The molecule has 0 atom stereocenters. The van der Waals surface area contributed by atoms with Crippen molar-refractivity contribution >= 4 is 10.9 Å². The quantitative estimate of drug-likeness (QED) is 0.787. The molecule has 3 rings (SSSR count). The first-order valence-corrected chi connectivity index (χ1v) is 6.47. The molecule has 3 aromatic rings. The first-order chi connectivity index (χ1) is 9.86. The molecule has 20 heavy (non-hydrogen) atoms. The van der Waals surface area contributed by atoms with Gasteiger partial charge in [0.15, 0.2) is 5.75 Å². The van der Waals surface area contributed by atoms with E-state index in [0.29, 0.717) is 0 Å². The van der Waals surface area contributed by atoms with E-state index in [1.54, 1.807) is 12.4 Å². The van der Waals surface area contributed by atoms with Crippen LogP contribution in [0.1, 0.15) is 5.56 Å². The predicted octanol–water partition coefficient (Wildman–Crippen LogP) is 3.14. The molecular formula is C16H15N3O. The summed E-state index contributed by atoms with van der Waals surface area (Å²) in [6.45, 7) is 0.762. The maximum absolute atomic E-state index is 5.93. The summed E-state index contributed by atoms with van der Waals surface area (Å²) < 4.78 is 5.93. The minimum Gasteiger partial charge on any atom is -0.453 e. The van der Waals surface area contributed by atoms with Crippen LogP contribution in [0.15, 0.2) is 55.0 Å². The first kappa shape index (κ1) is 12.6. The van der Waals surface area contributed by atoms with Crippen molar-refractivity contribution < 1.29 is 4.74 Å². The van der Waals surface area contributed by atoms with Gasteiger partial charge in [-0.2, -0.15) is 0 Å². The predicted molar refractivity (Wildman–Crippen MR) is 78.8 cm³/mol. The molecule has 0 aliphatic heterocycles. The lowest BCUT2D eigenvalue weighted by Gasteiger charge is -2.09. The van der Waals surface area contributed by atoms with Crippen LogP contribution in [0.5, 0.6) is 11.5 Å². The summed E-state index contributed by atoms with van der Waals surface area (Å²) in [4.78, 5) is 8.57.